The highest BCUT2D eigenvalue weighted by Gasteiger charge is 2.29. The van der Waals surface area contributed by atoms with E-state index in [2.05, 4.69) is 9.97 Å². The van der Waals surface area contributed by atoms with Gasteiger partial charge >= 0.3 is 0 Å². The van der Waals surface area contributed by atoms with Crippen molar-refractivity contribution in [1.82, 2.24) is 14.9 Å². The van der Waals surface area contributed by atoms with E-state index < -0.39 is 0 Å². The highest BCUT2D eigenvalue weighted by Crippen LogP contribution is 2.23. The summed E-state index contributed by atoms with van der Waals surface area (Å²) in [4.78, 5) is 21.9. The SMILES string of the molecule is Cc1[nH]c(-c2cccc(Cl)c2)nc1C(=O)N1CCC(CO)C1. The van der Waals surface area contributed by atoms with Gasteiger partial charge in [-0.15, -0.1) is 0 Å². The standard InChI is InChI=1S/C16H18ClN3O2/c1-10-14(16(22)20-6-5-11(8-20)9-21)19-15(18-10)12-3-2-4-13(17)7-12/h2-4,7,11,21H,5-6,8-9H2,1H3,(H,18,19). The molecule has 6 heteroatoms. The smallest absolute Gasteiger partial charge is 0.274 e. The van der Waals surface area contributed by atoms with Crippen LogP contribution in [0.15, 0.2) is 24.3 Å². The van der Waals surface area contributed by atoms with Crippen LogP contribution in [0.5, 0.6) is 0 Å². The van der Waals surface area contributed by atoms with Gasteiger partial charge in [0, 0.05) is 41.9 Å². The Bertz CT molecular complexity index is 698. The van der Waals surface area contributed by atoms with Crippen molar-refractivity contribution < 1.29 is 9.90 Å². The number of nitrogens with zero attached hydrogens (tertiary/aromatic N) is 2. The maximum absolute atomic E-state index is 12.6. The lowest BCUT2D eigenvalue weighted by atomic mass is 10.1. The summed E-state index contributed by atoms with van der Waals surface area (Å²) in [6.45, 7) is 3.22. The second kappa shape index (κ2) is 6.10. The molecule has 3 rings (SSSR count). The zero-order valence-electron chi connectivity index (χ0n) is 12.3. The number of aliphatic hydroxyl groups is 1. The van der Waals surface area contributed by atoms with Gasteiger partial charge in [-0.3, -0.25) is 4.79 Å². The van der Waals surface area contributed by atoms with Crippen LogP contribution in [0.25, 0.3) is 11.4 Å². The van der Waals surface area contributed by atoms with Gasteiger partial charge in [-0.1, -0.05) is 23.7 Å². The van der Waals surface area contributed by atoms with Crippen LogP contribution in [0.2, 0.25) is 5.02 Å². The van der Waals surface area contributed by atoms with E-state index >= 15 is 0 Å². The zero-order valence-corrected chi connectivity index (χ0v) is 13.1. The van der Waals surface area contributed by atoms with Crippen molar-refractivity contribution in [2.24, 2.45) is 5.92 Å². The van der Waals surface area contributed by atoms with Gasteiger partial charge < -0.3 is 15.0 Å². The fraction of sp³-hybridized carbons (Fsp3) is 0.375. The molecule has 2 heterocycles. The Morgan fingerprint density at radius 2 is 2.36 bits per heavy atom. The predicted molar refractivity (Wildman–Crippen MR) is 84.9 cm³/mol. The van der Waals surface area contributed by atoms with Crippen molar-refractivity contribution in [1.29, 1.82) is 0 Å². The number of carbonyl (C=O) groups is 1. The molecule has 0 bridgehead atoms. The van der Waals surface area contributed by atoms with E-state index in [1.54, 1.807) is 11.0 Å². The molecule has 1 atom stereocenters. The van der Waals surface area contributed by atoms with Gasteiger partial charge in [0.25, 0.3) is 5.91 Å². The third-order valence-corrected chi connectivity index (χ3v) is 4.25. The molecule has 1 aromatic heterocycles. The fourth-order valence-electron chi connectivity index (χ4n) is 2.76. The summed E-state index contributed by atoms with van der Waals surface area (Å²) in [5.74, 6) is 0.731. The van der Waals surface area contributed by atoms with Crippen LogP contribution in [-0.4, -0.2) is 45.6 Å². The molecule has 2 N–H and O–H groups in total. The Morgan fingerprint density at radius 1 is 1.55 bits per heavy atom. The molecule has 116 valence electrons. The normalized spacial score (nSPS) is 18.0. The van der Waals surface area contributed by atoms with Crippen LogP contribution < -0.4 is 0 Å². The fourth-order valence-corrected chi connectivity index (χ4v) is 2.95. The minimum atomic E-state index is -0.0852. The Kier molecular flexibility index (Phi) is 4.18. The maximum Gasteiger partial charge on any atom is 0.274 e. The van der Waals surface area contributed by atoms with Crippen molar-refractivity contribution in [2.75, 3.05) is 19.7 Å². The summed E-state index contributed by atoms with van der Waals surface area (Å²) in [5, 5.41) is 9.83. The molecule has 1 amide bonds. The van der Waals surface area contributed by atoms with Crippen LogP contribution in [0.4, 0.5) is 0 Å². The van der Waals surface area contributed by atoms with Gasteiger partial charge in [0.15, 0.2) is 0 Å². The molecular weight excluding hydrogens is 302 g/mol. The van der Waals surface area contributed by atoms with Crippen molar-refractivity contribution in [3.8, 4) is 11.4 Å². The topological polar surface area (TPSA) is 69.2 Å². The van der Waals surface area contributed by atoms with Crippen molar-refractivity contribution in [2.45, 2.75) is 13.3 Å². The summed E-state index contributed by atoms with van der Waals surface area (Å²) >= 11 is 6.00. The van der Waals surface area contributed by atoms with Crippen LogP contribution in [0.3, 0.4) is 0 Å². The second-order valence-electron chi connectivity index (χ2n) is 5.66. The first-order valence-corrected chi connectivity index (χ1v) is 7.69. The van der Waals surface area contributed by atoms with Gasteiger partial charge in [-0.25, -0.2) is 4.98 Å². The van der Waals surface area contributed by atoms with Gasteiger partial charge in [-0.05, 0) is 25.5 Å². The van der Waals surface area contributed by atoms with Gasteiger partial charge in [0.2, 0.25) is 0 Å². The van der Waals surface area contributed by atoms with Crippen LogP contribution >= 0.6 is 11.6 Å². The van der Waals surface area contributed by atoms with E-state index in [0.717, 1.165) is 17.7 Å². The van der Waals surface area contributed by atoms with Gasteiger partial charge in [-0.2, -0.15) is 0 Å². The molecule has 5 nitrogen and oxygen atoms in total. The number of imidazole rings is 1. The summed E-state index contributed by atoms with van der Waals surface area (Å²) in [6.07, 6.45) is 0.840. The van der Waals surface area contributed by atoms with E-state index in [4.69, 9.17) is 11.6 Å². The first-order chi connectivity index (χ1) is 10.6. The van der Waals surface area contributed by atoms with Crippen molar-refractivity contribution in [3.05, 3.63) is 40.7 Å². The number of rotatable bonds is 3. The van der Waals surface area contributed by atoms with Crippen LogP contribution in [0, 0.1) is 12.8 Å². The first-order valence-electron chi connectivity index (χ1n) is 7.31. The lowest BCUT2D eigenvalue weighted by molar-refractivity contribution is 0.0776. The van der Waals surface area contributed by atoms with Crippen LogP contribution in [0.1, 0.15) is 22.6 Å². The molecule has 0 aliphatic carbocycles. The van der Waals surface area contributed by atoms with Crippen molar-refractivity contribution >= 4 is 17.5 Å². The Labute approximate surface area is 133 Å². The van der Waals surface area contributed by atoms with Gasteiger partial charge in [0.05, 0.1) is 0 Å². The molecule has 0 saturated carbocycles. The number of hydrogen-bond acceptors (Lipinski definition) is 3. The minimum absolute atomic E-state index is 0.0852. The Morgan fingerprint density at radius 3 is 3.05 bits per heavy atom. The Hall–Kier alpha value is -1.85. The minimum Gasteiger partial charge on any atom is -0.396 e. The summed E-state index contributed by atoms with van der Waals surface area (Å²) < 4.78 is 0. The number of halogens is 1. The number of aryl methyl sites for hydroxylation is 1. The molecule has 1 aliphatic heterocycles. The molecule has 1 fully saturated rings. The Balaban J connectivity index is 1.85. The van der Waals surface area contributed by atoms with Crippen LogP contribution in [-0.2, 0) is 0 Å². The molecule has 1 aromatic carbocycles. The summed E-state index contributed by atoms with van der Waals surface area (Å²) in [5.41, 5.74) is 2.03. The molecule has 1 saturated heterocycles. The summed E-state index contributed by atoms with van der Waals surface area (Å²) in [7, 11) is 0. The number of benzene rings is 1. The zero-order chi connectivity index (χ0) is 15.7. The molecule has 2 aromatic rings. The van der Waals surface area contributed by atoms with E-state index in [1.165, 1.54) is 0 Å². The number of nitrogens with one attached hydrogen (secondary N) is 1. The molecule has 1 aliphatic rings. The molecule has 1 unspecified atom stereocenters. The molecule has 0 radical (unpaired) electrons. The predicted octanol–water partition coefficient (Wildman–Crippen LogP) is 2.49. The lowest BCUT2D eigenvalue weighted by Crippen LogP contribution is -2.29. The van der Waals surface area contributed by atoms with E-state index in [9.17, 15) is 9.90 Å². The number of H-pyrrole nitrogens is 1. The highest BCUT2D eigenvalue weighted by atomic mass is 35.5. The number of aromatic nitrogens is 2. The quantitative estimate of drug-likeness (QED) is 0.913. The molecular formula is C16H18ClN3O2. The van der Waals surface area contributed by atoms with E-state index in [0.29, 0.717) is 29.6 Å². The number of likely N-dealkylation sites (tertiary alicyclic amines) is 1. The van der Waals surface area contributed by atoms with Crippen molar-refractivity contribution in [3.63, 3.8) is 0 Å². The lowest BCUT2D eigenvalue weighted by Gasteiger charge is -2.14. The highest BCUT2D eigenvalue weighted by molar-refractivity contribution is 6.30. The average Bonchev–Trinajstić information content (AvgIpc) is 3.13. The largest absolute Gasteiger partial charge is 0.396 e. The van der Waals surface area contributed by atoms with Gasteiger partial charge in [0.1, 0.15) is 11.5 Å². The van der Waals surface area contributed by atoms with E-state index in [1.807, 2.05) is 25.1 Å². The number of hydrogen-bond donors (Lipinski definition) is 2. The van der Waals surface area contributed by atoms with E-state index in [-0.39, 0.29) is 18.4 Å². The summed E-state index contributed by atoms with van der Waals surface area (Å²) in [6, 6.07) is 7.36. The first kappa shape index (κ1) is 15.1. The number of amides is 1. The second-order valence-corrected chi connectivity index (χ2v) is 6.09. The molecule has 0 spiro atoms. The molecule has 22 heavy (non-hydrogen) atoms. The third kappa shape index (κ3) is 2.87. The monoisotopic (exact) mass is 319 g/mol. The number of aliphatic hydroxyl groups excluding tert-OH is 1. The number of carbonyl (C=O) groups excluding carboxylic acids is 1. The maximum atomic E-state index is 12.6. The number of aromatic amines is 1. The average molecular weight is 320 g/mol. The third-order valence-electron chi connectivity index (χ3n) is 4.02.